The lowest BCUT2D eigenvalue weighted by Gasteiger charge is -2.16. The Hall–Kier alpha value is -1.49. The average molecular weight is 331 g/mol. The quantitative estimate of drug-likeness (QED) is 0.808. The van der Waals surface area contributed by atoms with Crippen molar-refractivity contribution in [3.05, 3.63) is 30.1 Å². The summed E-state index contributed by atoms with van der Waals surface area (Å²) >= 11 is 1.64. The van der Waals surface area contributed by atoms with Gasteiger partial charge in [0.1, 0.15) is 5.82 Å². The van der Waals surface area contributed by atoms with E-state index in [-0.39, 0.29) is 11.2 Å². The van der Waals surface area contributed by atoms with E-state index in [0.29, 0.717) is 11.8 Å². The Morgan fingerprint density at radius 3 is 2.78 bits per heavy atom. The van der Waals surface area contributed by atoms with Crippen LogP contribution in [0.15, 0.2) is 24.3 Å². The van der Waals surface area contributed by atoms with Crippen LogP contribution in [0.3, 0.4) is 0 Å². The summed E-state index contributed by atoms with van der Waals surface area (Å²) in [5.74, 6) is 1.60. The Kier molecular flexibility index (Phi) is 5.60. The first kappa shape index (κ1) is 16.4. The molecule has 3 rings (SSSR count). The highest BCUT2D eigenvalue weighted by Gasteiger charge is 2.17. The molecule has 1 saturated carbocycles. The molecular formula is C18H25N3OS. The van der Waals surface area contributed by atoms with Crippen molar-refractivity contribution in [2.45, 2.75) is 56.7 Å². The van der Waals surface area contributed by atoms with Gasteiger partial charge in [0, 0.05) is 6.04 Å². The zero-order valence-corrected chi connectivity index (χ0v) is 14.5. The molecule has 124 valence electrons. The van der Waals surface area contributed by atoms with Crippen molar-refractivity contribution in [1.82, 2.24) is 15.3 Å². The fourth-order valence-corrected chi connectivity index (χ4v) is 3.89. The summed E-state index contributed by atoms with van der Waals surface area (Å²) in [6.45, 7) is 2.10. The number of amides is 1. The van der Waals surface area contributed by atoms with E-state index in [1.165, 1.54) is 25.7 Å². The molecular weight excluding hydrogens is 306 g/mol. The lowest BCUT2D eigenvalue weighted by atomic mass is 10.1. The Morgan fingerprint density at radius 2 is 2.04 bits per heavy atom. The number of hydrogen-bond acceptors (Lipinski definition) is 3. The predicted octanol–water partition coefficient (Wildman–Crippen LogP) is 4.20. The molecule has 0 aliphatic heterocycles. The van der Waals surface area contributed by atoms with Crippen molar-refractivity contribution in [2.24, 2.45) is 0 Å². The van der Waals surface area contributed by atoms with E-state index >= 15 is 0 Å². The van der Waals surface area contributed by atoms with Crippen LogP contribution in [0.25, 0.3) is 11.0 Å². The Bertz CT molecular complexity index is 614. The molecule has 1 atom stereocenters. The fraction of sp³-hybridized carbons (Fsp3) is 0.556. The van der Waals surface area contributed by atoms with E-state index in [0.717, 1.165) is 29.7 Å². The summed E-state index contributed by atoms with van der Waals surface area (Å²) < 4.78 is 0. The van der Waals surface area contributed by atoms with Crippen LogP contribution in [0.5, 0.6) is 0 Å². The summed E-state index contributed by atoms with van der Waals surface area (Å²) in [5.41, 5.74) is 2.04. The molecule has 1 fully saturated rings. The molecule has 1 amide bonds. The van der Waals surface area contributed by atoms with Gasteiger partial charge in [-0.25, -0.2) is 4.98 Å². The van der Waals surface area contributed by atoms with Gasteiger partial charge < -0.3 is 10.3 Å². The van der Waals surface area contributed by atoms with Crippen molar-refractivity contribution in [3.8, 4) is 0 Å². The van der Waals surface area contributed by atoms with Crippen molar-refractivity contribution in [1.29, 1.82) is 0 Å². The van der Waals surface area contributed by atoms with Crippen molar-refractivity contribution < 1.29 is 4.79 Å². The molecule has 1 aromatic heterocycles. The molecule has 2 aromatic rings. The van der Waals surface area contributed by atoms with E-state index in [1.54, 1.807) is 11.8 Å². The van der Waals surface area contributed by atoms with Crippen LogP contribution in [0.4, 0.5) is 0 Å². The van der Waals surface area contributed by atoms with Crippen LogP contribution in [0.2, 0.25) is 0 Å². The van der Waals surface area contributed by atoms with Crippen LogP contribution in [0, 0.1) is 0 Å². The highest BCUT2D eigenvalue weighted by Crippen LogP contribution is 2.27. The third kappa shape index (κ3) is 4.50. The van der Waals surface area contributed by atoms with Gasteiger partial charge in [0.25, 0.3) is 0 Å². The van der Waals surface area contributed by atoms with E-state index in [9.17, 15) is 4.79 Å². The normalized spacial score (nSPS) is 17.8. The minimum Gasteiger partial charge on any atom is -0.353 e. The Labute approximate surface area is 141 Å². The highest BCUT2D eigenvalue weighted by molar-refractivity contribution is 8.00. The van der Waals surface area contributed by atoms with Crippen LogP contribution in [-0.2, 0) is 4.79 Å². The number of thioether (sulfide) groups is 1. The fourth-order valence-electron chi connectivity index (χ4n) is 3.14. The predicted molar refractivity (Wildman–Crippen MR) is 96.6 cm³/mol. The zero-order valence-electron chi connectivity index (χ0n) is 13.7. The maximum Gasteiger partial charge on any atom is 0.230 e. The second-order valence-corrected chi connectivity index (χ2v) is 7.68. The van der Waals surface area contributed by atoms with Gasteiger partial charge in [0.15, 0.2) is 0 Å². The summed E-state index contributed by atoms with van der Waals surface area (Å²) in [6.07, 6.45) is 7.38. The minimum atomic E-state index is 0.157. The number of nitrogens with zero attached hydrogens (tertiary/aromatic N) is 1. The van der Waals surface area contributed by atoms with Crippen molar-refractivity contribution in [3.63, 3.8) is 0 Å². The maximum atomic E-state index is 12.2. The van der Waals surface area contributed by atoms with E-state index in [4.69, 9.17) is 0 Å². The molecule has 0 saturated heterocycles. The number of para-hydroxylation sites is 2. The number of aromatic amines is 1. The van der Waals surface area contributed by atoms with E-state index < -0.39 is 0 Å². The molecule has 1 aliphatic carbocycles. The van der Waals surface area contributed by atoms with Gasteiger partial charge in [-0.3, -0.25) is 4.79 Å². The first-order valence-corrected chi connectivity index (χ1v) is 9.63. The Balaban J connectivity index is 1.49. The summed E-state index contributed by atoms with van der Waals surface area (Å²) in [4.78, 5) is 20.1. The van der Waals surface area contributed by atoms with Gasteiger partial charge in [0.2, 0.25) is 5.91 Å². The van der Waals surface area contributed by atoms with Crippen LogP contribution in [-0.4, -0.2) is 27.7 Å². The third-order valence-corrected chi connectivity index (χ3v) is 5.63. The molecule has 1 heterocycles. The maximum absolute atomic E-state index is 12.2. The zero-order chi connectivity index (χ0) is 16.1. The molecule has 5 heteroatoms. The van der Waals surface area contributed by atoms with E-state index in [1.807, 2.05) is 24.3 Å². The van der Waals surface area contributed by atoms with Gasteiger partial charge in [-0.1, -0.05) is 37.8 Å². The number of carbonyl (C=O) groups excluding carboxylic acids is 1. The molecule has 23 heavy (non-hydrogen) atoms. The molecule has 0 bridgehead atoms. The van der Waals surface area contributed by atoms with Crippen LogP contribution >= 0.6 is 11.8 Å². The lowest BCUT2D eigenvalue weighted by molar-refractivity contribution is -0.119. The second kappa shape index (κ2) is 7.86. The minimum absolute atomic E-state index is 0.157. The number of hydrogen-bond donors (Lipinski definition) is 2. The van der Waals surface area contributed by atoms with E-state index in [2.05, 4.69) is 22.2 Å². The average Bonchev–Trinajstić information content (AvgIpc) is 2.83. The summed E-state index contributed by atoms with van der Waals surface area (Å²) in [7, 11) is 0. The first-order chi connectivity index (χ1) is 11.2. The molecule has 1 aliphatic rings. The van der Waals surface area contributed by atoms with Crippen LogP contribution < -0.4 is 5.32 Å². The number of carbonyl (C=O) groups is 1. The van der Waals surface area contributed by atoms with Crippen molar-refractivity contribution in [2.75, 3.05) is 5.75 Å². The largest absolute Gasteiger partial charge is 0.353 e. The number of fused-ring (bicyclic) bond motifs is 1. The van der Waals surface area contributed by atoms with Gasteiger partial charge in [-0.2, -0.15) is 0 Å². The number of nitrogens with one attached hydrogen (secondary N) is 2. The molecule has 1 unspecified atom stereocenters. The second-order valence-electron chi connectivity index (χ2n) is 6.35. The summed E-state index contributed by atoms with van der Waals surface area (Å²) in [5, 5.41) is 3.38. The third-order valence-electron chi connectivity index (χ3n) is 4.48. The number of benzene rings is 1. The van der Waals surface area contributed by atoms with Gasteiger partial charge in [-0.05, 0) is 31.9 Å². The summed E-state index contributed by atoms with van der Waals surface area (Å²) in [6, 6.07) is 8.41. The molecule has 2 N–H and O–H groups in total. The molecule has 1 aromatic carbocycles. The number of rotatable bonds is 5. The topological polar surface area (TPSA) is 57.8 Å². The van der Waals surface area contributed by atoms with Gasteiger partial charge >= 0.3 is 0 Å². The monoisotopic (exact) mass is 331 g/mol. The number of aromatic nitrogens is 2. The highest BCUT2D eigenvalue weighted by atomic mass is 32.2. The number of H-pyrrole nitrogens is 1. The van der Waals surface area contributed by atoms with Gasteiger partial charge in [-0.15, -0.1) is 11.8 Å². The SMILES string of the molecule is CC(SCC(=O)NC1CCCCCC1)c1nc2ccccc2[nH]1. The van der Waals surface area contributed by atoms with Gasteiger partial charge in [0.05, 0.1) is 22.0 Å². The number of imidazole rings is 1. The molecule has 0 spiro atoms. The molecule has 4 nitrogen and oxygen atoms in total. The Morgan fingerprint density at radius 1 is 1.30 bits per heavy atom. The lowest BCUT2D eigenvalue weighted by Crippen LogP contribution is -2.35. The molecule has 0 radical (unpaired) electrons. The smallest absolute Gasteiger partial charge is 0.230 e. The van der Waals surface area contributed by atoms with Crippen LogP contribution in [0.1, 0.15) is 56.5 Å². The first-order valence-electron chi connectivity index (χ1n) is 8.58. The standard InChI is InChI=1S/C18H25N3OS/c1-13(18-20-15-10-6-7-11-16(15)21-18)23-12-17(22)19-14-8-4-2-3-5-9-14/h6-7,10-11,13-14H,2-5,8-9,12H2,1H3,(H,19,22)(H,20,21). The van der Waals surface area contributed by atoms with Crippen molar-refractivity contribution >= 4 is 28.7 Å².